The van der Waals surface area contributed by atoms with Crippen molar-refractivity contribution < 1.29 is 10.2 Å². The van der Waals surface area contributed by atoms with Gasteiger partial charge in [0.25, 0.3) is 5.56 Å². The molecule has 0 aliphatic carbocycles. The maximum atomic E-state index is 12.7. The van der Waals surface area contributed by atoms with Gasteiger partial charge in [0.05, 0.1) is 12.3 Å². The lowest BCUT2D eigenvalue weighted by Gasteiger charge is -2.18. The maximum Gasteiger partial charge on any atom is 0.295 e. The van der Waals surface area contributed by atoms with E-state index in [-0.39, 0.29) is 23.4 Å². The summed E-state index contributed by atoms with van der Waals surface area (Å²) in [6.07, 6.45) is 0. The van der Waals surface area contributed by atoms with Crippen LogP contribution in [0, 0.1) is 0 Å². The van der Waals surface area contributed by atoms with Crippen LogP contribution in [0.25, 0.3) is 5.69 Å². The lowest BCUT2D eigenvalue weighted by atomic mass is 10.3. The highest BCUT2D eigenvalue weighted by Crippen LogP contribution is 2.13. The highest BCUT2D eigenvalue weighted by atomic mass is 35.5. The fraction of sp³-hybridized carbons (Fsp3) is 0.444. The average Bonchev–Trinajstić information content (AvgIpc) is 2.62. The summed E-state index contributed by atoms with van der Waals surface area (Å²) in [5.74, 6) is 0.436. The minimum absolute atomic E-state index is 0. The van der Waals surface area contributed by atoms with Gasteiger partial charge in [-0.1, -0.05) is 32.0 Å². The summed E-state index contributed by atoms with van der Waals surface area (Å²) in [5, 5.41) is 7.53. The van der Waals surface area contributed by atoms with Gasteiger partial charge in [0.2, 0.25) is 5.88 Å². The number of nitrogens with zero attached hydrogens (tertiary/aromatic N) is 3. The number of likely N-dealkylation sites (N-methyl/N-ethyl adjacent to an activating group) is 1. The first kappa shape index (κ1) is 23.9. The summed E-state index contributed by atoms with van der Waals surface area (Å²) >= 11 is 0. The van der Waals surface area contributed by atoms with Crippen LogP contribution < -0.4 is 15.6 Å². The number of nitrogens with one attached hydrogen (secondary N) is 1. The first-order valence-corrected chi connectivity index (χ1v) is 8.48. The third-order valence-electron chi connectivity index (χ3n) is 3.82. The summed E-state index contributed by atoms with van der Waals surface area (Å²) in [7, 11) is 0. The van der Waals surface area contributed by atoms with Gasteiger partial charge < -0.3 is 20.4 Å². The minimum Gasteiger partial charge on any atom is -0.477 e. The smallest absolute Gasteiger partial charge is 0.295 e. The quantitative estimate of drug-likeness (QED) is 0.713. The summed E-state index contributed by atoms with van der Waals surface area (Å²) in [6.45, 7) is 10.2. The molecule has 0 saturated heterocycles. The lowest BCUT2D eigenvalue weighted by molar-refractivity contribution is 0.315. The standard InChI is InChI=1S/C18H26N4O2.ClH.H2O/c1-4-21(5-2)13-12-19-16-14-17(24-6-3)20-22(18(16)23)15-10-8-7-9-11-15;;/h7-11,14,19H,4-6,12-13H2,1-3H3;1H;1H2. The molecule has 0 aliphatic heterocycles. The van der Waals surface area contributed by atoms with Crippen LogP contribution in [0.5, 0.6) is 5.88 Å². The normalized spacial score (nSPS) is 10.0. The van der Waals surface area contributed by atoms with E-state index in [1.807, 2.05) is 37.3 Å². The van der Waals surface area contributed by atoms with Crippen molar-refractivity contribution in [2.45, 2.75) is 20.8 Å². The van der Waals surface area contributed by atoms with Crippen molar-refractivity contribution in [1.29, 1.82) is 0 Å². The SMILES string of the molecule is CCOc1cc(NCCN(CC)CC)c(=O)n(-c2ccccc2)n1.Cl.O. The van der Waals surface area contributed by atoms with E-state index in [9.17, 15) is 4.79 Å². The molecule has 2 rings (SSSR count). The van der Waals surface area contributed by atoms with Gasteiger partial charge in [-0.15, -0.1) is 17.5 Å². The van der Waals surface area contributed by atoms with Crippen molar-refractivity contribution in [3.05, 3.63) is 46.8 Å². The van der Waals surface area contributed by atoms with Crippen molar-refractivity contribution in [2.24, 2.45) is 0 Å². The summed E-state index contributed by atoms with van der Waals surface area (Å²) in [4.78, 5) is 15.0. The Morgan fingerprint density at radius 3 is 2.38 bits per heavy atom. The number of benzene rings is 1. The van der Waals surface area contributed by atoms with Crippen LogP contribution in [0.15, 0.2) is 41.2 Å². The van der Waals surface area contributed by atoms with Crippen molar-refractivity contribution >= 4 is 18.1 Å². The van der Waals surface area contributed by atoms with Gasteiger partial charge in [0.15, 0.2) is 0 Å². The molecule has 0 bridgehead atoms. The zero-order valence-electron chi connectivity index (χ0n) is 15.6. The number of para-hydroxylation sites is 1. The highest BCUT2D eigenvalue weighted by molar-refractivity contribution is 5.85. The van der Waals surface area contributed by atoms with E-state index in [4.69, 9.17) is 4.74 Å². The molecule has 0 fully saturated rings. The molecule has 3 N–H and O–H groups in total. The van der Waals surface area contributed by atoms with E-state index in [2.05, 4.69) is 29.2 Å². The predicted molar refractivity (Wildman–Crippen MR) is 108 cm³/mol. The fourth-order valence-electron chi connectivity index (χ4n) is 2.45. The first-order valence-electron chi connectivity index (χ1n) is 8.48. The van der Waals surface area contributed by atoms with Crippen LogP contribution >= 0.6 is 12.4 Å². The van der Waals surface area contributed by atoms with Crippen LogP contribution in [0.2, 0.25) is 0 Å². The Morgan fingerprint density at radius 2 is 1.81 bits per heavy atom. The number of halogens is 1. The van der Waals surface area contributed by atoms with E-state index in [0.717, 1.165) is 25.3 Å². The molecular formula is C18H29ClN4O3. The Balaban J connectivity index is 0.00000312. The first-order chi connectivity index (χ1) is 11.7. The second kappa shape index (κ2) is 12.3. The van der Waals surface area contributed by atoms with Gasteiger partial charge in [-0.2, -0.15) is 4.68 Å². The minimum atomic E-state index is -0.177. The molecule has 0 aliphatic rings. The number of ether oxygens (including phenoxy) is 1. The number of aromatic nitrogens is 2. The average molecular weight is 385 g/mol. The Kier molecular flexibility index (Phi) is 11.3. The molecule has 0 amide bonds. The molecule has 1 aromatic heterocycles. The topological polar surface area (TPSA) is 90.9 Å². The molecule has 0 atom stereocenters. The van der Waals surface area contributed by atoms with Gasteiger partial charge in [-0.05, 0) is 32.1 Å². The number of rotatable bonds is 9. The third-order valence-corrected chi connectivity index (χ3v) is 3.82. The van der Waals surface area contributed by atoms with Gasteiger partial charge in [0, 0.05) is 19.2 Å². The van der Waals surface area contributed by atoms with E-state index in [0.29, 0.717) is 24.7 Å². The van der Waals surface area contributed by atoms with Crippen LogP contribution in [0.1, 0.15) is 20.8 Å². The second-order valence-corrected chi connectivity index (χ2v) is 5.34. The summed E-state index contributed by atoms with van der Waals surface area (Å²) < 4.78 is 6.89. The largest absolute Gasteiger partial charge is 0.477 e. The van der Waals surface area contributed by atoms with Crippen LogP contribution in [0.3, 0.4) is 0 Å². The Bertz CT molecular complexity index is 691. The molecule has 0 spiro atoms. The summed E-state index contributed by atoms with van der Waals surface area (Å²) in [5.41, 5.74) is 1.05. The Morgan fingerprint density at radius 1 is 1.15 bits per heavy atom. The fourth-order valence-corrected chi connectivity index (χ4v) is 2.45. The van der Waals surface area contributed by atoms with Crippen molar-refractivity contribution in [3.8, 4) is 11.6 Å². The third kappa shape index (κ3) is 6.33. The molecule has 0 saturated carbocycles. The molecule has 26 heavy (non-hydrogen) atoms. The molecular weight excluding hydrogens is 356 g/mol. The van der Waals surface area contributed by atoms with Crippen LogP contribution in [-0.2, 0) is 0 Å². The van der Waals surface area contributed by atoms with E-state index < -0.39 is 0 Å². The molecule has 1 aromatic carbocycles. The number of hydrogen-bond donors (Lipinski definition) is 1. The molecule has 0 unspecified atom stereocenters. The molecule has 7 nitrogen and oxygen atoms in total. The molecule has 146 valence electrons. The molecule has 2 aromatic rings. The van der Waals surface area contributed by atoms with Crippen molar-refractivity contribution in [3.63, 3.8) is 0 Å². The molecule has 0 radical (unpaired) electrons. The van der Waals surface area contributed by atoms with Gasteiger partial charge in [0.1, 0.15) is 5.69 Å². The van der Waals surface area contributed by atoms with Crippen molar-refractivity contribution in [1.82, 2.24) is 14.7 Å². The van der Waals surface area contributed by atoms with Crippen LogP contribution in [0.4, 0.5) is 5.69 Å². The van der Waals surface area contributed by atoms with Crippen molar-refractivity contribution in [2.75, 3.05) is 38.1 Å². The van der Waals surface area contributed by atoms with E-state index in [1.165, 1.54) is 4.68 Å². The molecule has 8 heteroatoms. The predicted octanol–water partition coefficient (Wildman–Crippen LogP) is 1.98. The summed E-state index contributed by atoms with van der Waals surface area (Å²) in [6, 6.07) is 11.0. The molecule has 1 heterocycles. The van der Waals surface area contributed by atoms with Crippen LogP contribution in [-0.4, -0.2) is 52.9 Å². The maximum absolute atomic E-state index is 12.7. The van der Waals surface area contributed by atoms with Gasteiger partial charge in [-0.25, -0.2) is 0 Å². The Labute approximate surface area is 160 Å². The van der Waals surface area contributed by atoms with Gasteiger partial charge >= 0.3 is 0 Å². The monoisotopic (exact) mass is 384 g/mol. The van der Waals surface area contributed by atoms with E-state index >= 15 is 0 Å². The number of hydrogen-bond acceptors (Lipinski definition) is 5. The number of anilines is 1. The van der Waals surface area contributed by atoms with E-state index in [1.54, 1.807) is 6.07 Å². The Hall–Kier alpha value is -2.09. The second-order valence-electron chi connectivity index (χ2n) is 5.34. The lowest BCUT2D eigenvalue weighted by Crippen LogP contribution is -2.31. The highest BCUT2D eigenvalue weighted by Gasteiger charge is 2.11. The zero-order valence-corrected chi connectivity index (χ0v) is 16.4. The zero-order chi connectivity index (χ0) is 17.4. The van der Waals surface area contributed by atoms with Gasteiger partial charge in [-0.3, -0.25) is 4.79 Å².